The van der Waals surface area contributed by atoms with Gasteiger partial charge in [0.1, 0.15) is 11.3 Å². The lowest BCUT2D eigenvalue weighted by Gasteiger charge is -2.26. The van der Waals surface area contributed by atoms with Crippen LogP contribution in [0.5, 0.6) is 0 Å². The lowest BCUT2D eigenvalue weighted by Crippen LogP contribution is -2.36. The Balaban J connectivity index is 1.49. The van der Waals surface area contributed by atoms with Gasteiger partial charge in [-0.15, -0.1) is 5.10 Å². The fraction of sp³-hybridized carbons (Fsp3) is 0.375. The summed E-state index contributed by atoms with van der Waals surface area (Å²) in [6, 6.07) is 15.8. The smallest absolute Gasteiger partial charge is 0.229 e. The van der Waals surface area contributed by atoms with Crippen molar-refractivity contribution in [2.45, 2.75) is 44.6 Å². The van der Waals surface area contributed by atoms with E-state index < -0.39 is 5.60 Å². The van der Waals surface area contributed by atoms with Crippen LogP contribution in [0, 0.1) is 6.92 Å². The van der Waals surface area contributed by atoms with Crippen LogP contribution in [-0.2, 0) is 10.4 Å². The number of aliphatic hydroxyl groups is 1. The molecule has 3 aromatic rings. The molecular formula is C24H27BrN4O2. The summed E-state index contributed by atoms with van der Waals surface area (Å²) in [6.07, 6.45) is 3.51. The zero-order valence-corrected chi connectivity index (χ0v) is 19.4. The Bertz CT molecular complexity index is 1070. The van der Waals surface area contributed by atoms with E-state index in [4.69, 9.17) is 0 Å². The van der Waals surface area contributed by atoms with Crippen LogP contribution in [0.15, 0.2) is 59.2 Å². The van der Waals surface area contributed by atoms with Crippen LogP contribution in [0.4, 0.5) is 0 Å². The molecule has 4 rings (SSSR count). The molecule has 0 bridgehead atoms. The number of nitrogens with zero attached hydrogens (tertiary/aromatic N) is 4. The number of carbonyl (C=O) groups excluding carboxylic acids is 1. The minimum Gasteiger partial charge on any atom is -0.383 e. The molecule has 0 spiro atoms. The molecule has 1 aromatic heterocycles. The van der Waals surface area contributed by atoms with Crippen molar-refractivity contribution in [3.63, 3.8) is 0 Å². The topological polar surface area (TPSA) is 71.2 Å². The maximum atomic E-state index is 13.1. The van der Waals surface area contributed by atoms with Crippen LogP contribution in [0.25, 0.3) is 5.69 Å². The highest BCUT2D eigenvalue weighted by atomic mass is 79.9. The molecule has 2 heterocycles. The molecule has 2 unspecified atom stereocenters. The number of halogens is 1. The summed E-state index contributed by atoms with van der Waals surface area (Å²) in [5, 5.41) is 19.9. The zero-order chi connectivity index (χ0) is 22.0. The maximum absolute atomic E-state index is 13.1. The van der Waals surface area contributed by atoms with Gasteiger partial charge in [-0.2, -0.15) is 0 Å². The Labute approximate surface area is 191 Å². The van der Waals surface area contributed by atoms with Crippen molar-refractivity contribution < 1.29 is 9.90 Å². The Kier molecular flexibility index (Phi) is 6.25. The minimum atomic E-state index is -1.09. The molecule has 1 amide bonds. The van der Waals surface area contributed by atoms with Crippen molar-refractivity contribution in [3.05, 3.63) is 76.0 Å². The van der Waals surface area contributed by atoms with Gasteiger partial charge in [0, 0.05) is 17.6 Å². The molecule has 1 aliphatic rings. The van der Waals surface area contributed by atoms with E-state index in [-0.39, 0.29) is 11.8 Å². The van der Waals surface area contributed by atoms with Gasteiger partial charge >= 0.3 is 0 Å². The fourth-order valence-electron chi connectivity index (χ4n) is 4.22. The largest absolute Gasteiger partial charge is 0.383 e. The highest BCUT2D eigenvalue weighted by Crippen LogP contribution is 2.33. The number of aryl methyl sites for hydroxylation is 1. The Morgan fingerprint density at radius 1 is 1.16 bits per heavy atom. The number of amides is 1. The number of likely N-dealkylation sites (tertiary alicyclic amines) is 1. The van der Waals surface area contributed by atoms with E-state index in [0.29, 0.717) is 38.0 Å². The maximum Gasteiger partial charge on any atom is 0.229 e. The van der Waals surface area contributed by atoms with E-state index in [1.807, 2.05) is 67.3 Å². The van der Waals surface area contributed by atoms with Gasteiger partial charge in [-0.05, 0) is 62.4 Å². The second-order valence-corrected chi connectivity index (χ2v) is 9.24. The monoisotopic (exact) mass is 482 g/mol. The molecule has 1 fully saturated rings. The first kappa shape index (κ1) is 21.7. The van der Waals surface area contributed by atoms with Crippen molar-refractivity contribution in [2.24, 2.45) is 0 Å². The molecule has 7 heteroatoms. The SMILES string of the molecule is Cc1cc(Br)ccc1-n1cc(C2(O)CCCN(C(=O)C(C)c3ccccc3)CC2)nn1. The second-order valence-electron chi connectivity index (χ2n) is 8.32. The summed E-state index contributed by atoms with van der Waals surface area (Å²) in [5.74, 6) is -0.0989. The molecule has 2 aromatic carbocycles. The van der Waals surface area contributed by atoms with E-state index in [2.05, 4.69) is 26.2 Å². The summed E-state index contributed by atoms with van der Waals surface area (Å²) in [5.41, 5.74) is 2.46. The Morgan fingerprint density at radius 3 is 2.68 bits per heavy atom. The van der Waals surface area contributed by atoms with E-state index >= 15 is 0 Å². The van der Waals surface area contributed by atoms with Crippen LogP contribution >= 0.6 is 15.9 Å². The Morgan fingerprint density at radius 2 is 1.94 bits per heavy atom. The van der Waals surface area contributed by atoms with Crippen LogP contribution in [0.3, 0.4) is 0 Å². The molecule has 2 atom stereocenters. The third-order valence-electron chi connectivity index (χ3n) is 6.17. The van der Waals surface area contributed by atoms with Crippen molar-refractivity contribution in [3.8, 4) is 5.69 Å². The van der Waals surface area contributed by atoms with Crippen LogP contribution < -0.4 is 0 Å². The lowest BCUT2D eigenvalue weighted by molar-refractivity contribution is -0.132. The standard InChI is InChI=1S/C24H27BrN4O2/c1-17-15-20(25)9-10-21(17)29-16-22(26-27-29)24(31)11-6-13-28(14-12-24)23(30)18(2)19-7-4-3-5-8-19/h3-5,7-10,15-16,18,31H,6,11-14H2,1-2H3. The molecule has 0 aliphatic carbocycles. The third kappa shape index (κ3) is 4.57. The predicted octanol–water partition coefficient (Wildman–Crippen LogP) is 4.34. The summed E-state index contributed by atoms with van der Waals surface area (Å²) < 4.78 is 2.71. The highest BCUT2D eigenvalue weighted by Gasteiger charge is 2.36. The number of aromatic nitrogens is 3. The quantitative estimate of drug-likeness (QED) is 0.600. The summed E-state index contributed by atoms with van der Waals surface area (Å²) in [7, 11) is 0. The van der Waals surface area contributed by atoms with E-state index in [1.54, 1.807) is 10.9 Å². The molecule has 162 valence electrons. The first-order valence-corrected chi connectivity index (χ1v) is 11.4. The zero-order valence-electron chi connectivity index (χ0n) is 17.8. The van der Waals surface area contributed by atoms with Gasteiger partial charge in [-0.3, -0.25) is 4.79 Å². The van der Waals surface area contributed by atoms with Crippen molar-refractivity contribution in [1.29, 1.82) is 0 Å². The lowest BCUT2D eigenvalue weighted by atomic mass is 9.92. The normalized spacial score (nSPS) is 20.3. The summed E-state index contributed by atoms with van der Waals surface area (Å²) >= 11 is 3.48. The van der Waals surface area contributed by atoms with E-state index in [0.717, 1.165) is 21.3 Å². The van der Waals surface area contributed by atoms with E-state index in [1.165, 1.54) is 0 Å². The number of rotatable bonds is 4. The second kappa shape index (κ2) is 8.93. The van der Waals surface area contributed by atoms with Gasteiger partial charge in [0.25, 0.3) is 0 Å². The number of carbonyl (C=O) groups is 1. The summed E-state index contributed by atoms with van der Waals surface area (Å²) in [4.78, 5) is 14.9. The highest BCUT2D eigenvalue weighted by molar-refractivity contribution is 9.10. The fourth-order valence-corrected chi connectivity index (χ4v) is 4.70. The van der Waals surface area contributed by atoms with Gasteiger partial charge in [-0.1, -0.05) is 51.5 Å². The summed E-state index contributed by atoms with van der Waals surface area (Å²) in [6.45, 7) is 5.09. The van der Waals surface area contributed by atoms with Crippen LogP contribution in [0.2, 0.25) is 0 Å². The van der Waals surface area contributed by atoms with Crippen molar-refractivity contribution in [2.75, 3.05) is 13.1 Å². The van der Waals surface area contributed by atoms with Crippen molar-refractivity contribution >= 4 is 21.8 Å². The predicted molar refractivity (Wildman–Crippen MR) is 123 cm³/mol. The van der Waals surface area contributed by atoms with E-state index in [9.17, 15) is 9.90 Å². The number of benzene rings is 2. The Hall–Kier alpha value is -2.51. The van der Waals surface area contributed by atoms with Gasteiger partial charge in [0.05, 0.1) is 17.8 Å². The van der Waals surface area contributed by atoms with Crippen molar-refractivity contribution in [1.82, 2.24) is 19.9 Å². The molecule has 31 heavy (non-hydrogen) atoms. The van der Waals surface area contributed by atoms with Crippen LogP contribution in [-0.4, -0.2) is 44.0 Å². The minimum absolute atomic E-state index is 0.101. The van der Waals surface area contributed by atoms with Gasteiger partial charge in [0.2, 0.25) is 5.91 Å². The number of hydrogen-bond donors (Lipinski definition) is 1. The molecule has 1 aliphatic heterocycles. The average Bonchev–Trinajstić information content (AvgIpc) is 3.18. The molecular weight excluding hydrogens is 456 g/mol. The van der Waals surface area contributed by atoms with Crippen LogP contribution in [0.1, 0.15) is 48.9 Å². The first-order valence-electron chi connectivity index (χ1n) is 10.6. The molecule has 0 saturated carbocycles. The molecule has 1 N–H and O–H groups in total. The molecule has 6 nitrogen and oxygen atoms in total. The van der Waals surface area contributed by atoms with Gasteiger partial charge in [0.15, 0.2) is 0 Å². The number of hydrogen-bond acceptors (Lipinski definition) is 4. The molecule has 1 saturated heterocycles. The third-order valence-corrected chi connectivity index (χ3v) is 6.66. The van der Waals surface area contributed by atoms with Gasteiger partial charge in [-0.25, -0.2) is 4.68 Å². The molecule has 0 radical (unpaired) electrons. The van der Waals surface area contributed by atoms with Gasteiger partial charge < -0.3 is 10.0 Å². The average molecular weight is 483 g/mol. The first-order chi connectivity index (χ1) is 14.9.